The number of aryl methyl sites for hydroxylation is 2. The molecule has 0 radical (unpaired) electrons. The highest BCUT2D eigenvalue weighted by molar-refractivity contribution is 6.01. The molecule has 0 aliphatic rings. The first-order valence-electron chi connectivity index (χ1n) is 7.75. The van der Waals surface area contributed by atoms with Gasteiger partial charge in [0.05, 0.1) is 0 Å². The Balaban J connectivity index is 1.97. The van der Waals surface area contributed by atoms with Crippen LogP contribution in [0.3, 0.4) is 0 Å². The Labute approximate surface area is 142 Å². The molecular formula is C20H20N2O2. The maximum absolute atomic E-state index is 12.1. The molecule has 0 bridgehead atoms. The van der Waals surface area contributed by atoms with E-state index in [1.165, 1.54) is 34.9 Å². The molecule has 0 fully saturated rings. The predicted molar refractivity (Wildman–Crippen MR) is 94.3 cm³/mol. The van der Waals surface area contributed by atoms with Crippen molar-refractivity contribution in [2.75, 3.05) is 6.54 Å². The number of carbonyl (C=O) groups excluding carboxylic acids is 1. The molecule has 0 atom stereocenters. The topological polar surface area (TPSA) is 73.1 Å². The van der Waals surface area contributed by atoms with Gasteiger partial charge in [0.2, 0.25) is 0 Å². The molecule has 0 heterocycles. The van der Waals surface area contributed by atoms with E-state index in [0.717, 1.165) is 6.42 Å². The summed E-state index contributed by atoms with van der Waals surface area (Å²) in [5, 5.41) is 21.2. The first-order chi connectivity index (χ1) is 11.5. The number of nitrogens with one attached hydrogen (secondary N) is 1. The lowest BCUT2D eigenvalue weighted by molar-refractivity contribution is -0.117. The Kier molecular flexibility index (Phi) is 5.75. The Bertz CT molecular complexity index is 799. The first kappa shape index (κ1) is 17.3. The largest absolute Gasteiger partial charge is 0.508 e. The zero-order valence-corrected chi connectivity index (χ0v) is 13.8. The molecule has 0 aliphatic carbocycles. The summed E-state index contributed by atoms with van der Waals surface area (Å²) < 4.78 is 0. The number of hydrogen-bond acceptors (Lipinski definition) is 3. The van der Waals surface area contributed by atoms with Crippen LogP contribution >= 0.6 is 0 Å². The number of phenols is 1. The van der Waals surface area contributed by atoms with E-state index in [4.69, 9.17) is 0 Å². The van der Waals surface area contributed by atoms with Crippen LogP contribution in [0.5, 0.6) is 5.75 Å². The molecule has 0 aliphatic heterocycles. The summed E-state index contributed by atoms with van der Waals surface area (Å²) in [6.07, 6.45) is 2.22. The second kappa shape index (κ2) is 7.98. The lowest BCUT2D eigenvalue weighted by atomic mass is 10.0. The highest BCUT2D eigenvalue weighted by Crippen LogP contribution is 2.13. The molecule has 2 aromatic carbocycles. The van der Waals surface area contributed by atoms with E-state index in [1.54, 1.807) is 12.1 Å². The number of amides is 1. The molecule has 0 aromatic heterocycles. The number of nitrogens with zero attached hydrogens (tertiary/aromatic N) is 1. The van der Waals surface area contributed by atoms with Gasteiger partial charge in [0.15, 0.2) is 0 Å². The minimum atomic E-state index is -0.393. The van der Waals surface area contributed by atoms with Gasteiger partial charge in [0.25, 0.3) is 5.91 Å². The van der Waals surface area contributed by atoms with Crippen LogP contribution < -0.4 is 5.32 Å². The zero-order valence-electron chi connectivity index (χ0n) is 13.8. The lowest BCUT2D eigenvalue weighted by Crippen LogP contribution is -2.26. The van der Waals surface area contributed by atoms with Crippen LogP contribution in [0, 0.1) is 25.2 Å². The molecule has 0 unspecified atom stereocenters. The van der Waals surface area contributed by atoms with Gasteiger partial charge >= 0.3 is 0 Å². The number of carbonyl (C=O) groups is 1. The van der Waals surface area contributed by atoms with Crippen molar-refractivity contribution in [1.82, 2.24) is 5.32 Å². The summed E-state index contributed by atoms with van der Waals surface area (Å²) in [7, 11) is 0. The molecule has 0 saturated carbocycles. The molecule has 0 saturated heterocycles. The molecule has 2 aromatic rings. The van der Waals surface area contributed by atoms with Crippen molar-refractivity contribution in [3.63, 3.8) is 0 Å². The van der Waals surface area contributed by atoms with Crippen molar-refractivity contribution >= 4 is 12.0 Å². The van der Waals surface area contributed by atoms with Crippen molar-refractivity contribution in [1.29, 1.82) is 5.26 Å². The molecule has 2 N–H and O–H groups in total. The van der Waals surface area contributed by atoms with Gasteiger partial charge in [-0.15, -0.1) is 0 Å². The lowest BCUT2D eigenvalue weighted by Gasteiger charge is -2.08. The molecule has 24 heavy (non-hydrogen) atoms. The Morgan fingerprint density at radius 1 is 1.21 bits per heavy atom. The van der Waals surface area contributed by atoms with Crippen molar-refractivity contribution in [3.05, 3.63) is 70.3 Å². The van der Waals surface area contributed by atoms with E-state index in [-0.39, 0.29) is 11.3 Å². The fourth-order valence-corrected chi connectivity index (χ4v) is 2.42. The quantitative estimate of drug-likeness (QED) is 0.656. The van der Waals surface area contributed by atoms with Crippen molar-refractivity contribution in [2.24, 2.45) is 0 Å². The summed E-state index contributed by atoms with van der Waals surface area (Å²) in [5.41, 5.74) is 4.32. The second-order valence-corrected chi connectivity index (χ2v) is 5.70. The van der Waals surface area contributed by atoms with Gasteiger partial charge in [0, 0.05) is 6.54 Å². The van der Waals surface area contributed by atoms with Crippen LogP contribution in [0.4, 0.5) is 0 Å². The number of phenolic OH excluding ortho intramolecular Hbond substituents is 1. The number of nitriles is 1. The fourth-order valence-electron chi connectivity index (χ4n) is 2.42. The van der Waals surface area contributed by atoms with E-state index in [9.17, 15) is 15.2 Å². The van der Waals surface area contributed by atoms with Gasteiger partial charge in [-0.25, -0.2) is 0 Å². The summed E-state index contributed by atoms with van der Waals surface area (Å²) in [4.78, 5) is 12.1. The number of benzene rings is 2. The van der Waals surface area contributed by atoms with Crippen LogP contribution in [0.15, 0.2) is 48.0 Å². The predicted octanol–water partition coefficient (Wildman–Crippen LogP) is 3.27. The Morgan fingerprint density at radius 3 is 2.54 bits per heavy atom. The minimum Gasteiger partial charge on any atom is -0.508 e. The average molecular weight is 320 g/mol. The minimum absolute atomic E-state index is 0.0429. The smallest absolute Gasteiger partial charge is 0.261 e. The van der Waals surface area contributed by atoms with Gasteiger partial charge in [0.1, 0.15) is 17.4 Å². The van der Waals surface area contributed by atoms with Crippen LogP contribution in [0.1, 0.15) is 22.3 Å². The van der Waals surface area contributed by atoms with Gasteiger partial charge in [-0.1, -0.05) is 35.9 Å². The third-order valence-electron chi connectivity index (χ3n) is 3.75. The summed E-state index contributed by atoms with van der Waals surface area (Å²) in [6, 6.07) is 14.5. The third kappa shape index (κ3) is 4.72. The monoisotopic (exact) mass is 320 g/mol. The highest BCUT2D eigenvalue weighted by Gasteiger charge is 2.09. The molecule has 0 spiro atoms. The second-order valence-electron chi connectivity index (χ2n) is 5.70. The highest BCUT2D eigenvalue weighted by atomic mass is 16.3. The van der Waals surface area contributed by atoms with E-state index in [0.29, 0.717) is 12.1 Å². The Hall–Kier alpha value is -3.06. The summed E-state index contributed by atoms with van der Waals surface area (Å²) >= 11 is 0. The van der Waals surface area contributed by atoms with Crippen LogP contribution in [-0.2, 0) is 11.2 Å². The maximum atomic E-state index is 12.1. The van der Waals surface area contributed by atoms with Gasteiger partial charge in [-0.3, -0.25) is 4.79 Å². The number of hydrogen-bond donors (Lipinski definition) is 2. The normalized spacial score (nSPS) is 11.0. The van der Waals surface area contributed by atoms with E-state index in [1.807, 2.05) is 13.0 Å². The molecule has 4 nitrogen and oxygen atoms in total. The third-order valence-corrected chi connectivity index (χ3v) is 3.75. The van der Waals surface area contributed by atoms with Gasteiger partial charge in [-0.2, -0.15) is 5.26 Å². The maximum Gasteiger partial charge on any atom is 0.261 e. The van der Waals surface area contributed by atoms with Crippen molar-refractivity contribution in [3.8, 4) is 11.8 Å². The summed E-state index contributed by atoms with van der Waals surface area (Å²) in [6.45, 7) is 4.57. The zero-order chi connectivity index (χ0) is 17.5. The molecule has 122 valence electrons. The Morgan fingerprint density at radius 2 is 1.92 bits per heavy atom. The molecule has 4 heteroatoms. The SMILES string of the molecule is Cc1ccc(CCNC(=O)/C(C#N)=C/c2ccc(O)cc2)c(C)c1. The van der Waals surface area contributed by atoms with Gasteiger partial charge < -0.3 is 10.4 Å². The van der Waals surface area contributed by atoms with Crippen LogP contribution in [0.25, 0.3) is 6.08 Å². The fraction of sp³-hybridized carbons (Fsp3) is 0.200. The van der Waals surface area contributed by atoms with E-state index >= 15 is 0 Å². The van der Waals surface area contributed by atoms with E-state index < -0.39 is 5.91 Å². The van der Waals surface area contributed by atoms with E-state index in [2.05, 4.69) is 30.4 Å². The van der Waals surface area contributed by atoms with Crippen LogP contribution in [0.2, 0.25) is 0 Å². The van der Waals surface area contributed by atoms with Crippen LogP contribution in [-0.4, -0.2) is 17.6 Å². The average Bonchev–Trinajstić information content (AvgIpc) is 2.56. The van der Waals surface area contributed by atoms with Crippen molar-refractivity contribution in [2.45, 2.75) is 20.3 Å². The number of rotatable bonds is 5. The standard InChI is InChI=1S/C20H20N2O2/c1-14-3-6-17(15(2)11-14)9-10-22-20(24)18(13-21)12-16-4-7-19(23)8-5-16/h3-8,11-12,23H,9-10H2,1-2H3,(H,22,24)/b18-12+. The summed E-state index contributed by atoms with van der Waals surface area (Å²) in [5.74, 6) is -0.251. The molecular weight excluding hydrogens is 300 g/mol. The first-order valence-corrected chi connectivity index (χ1v) is 7.75. The number of aromatic hydroxyl groups is 1. The van der Waals surface area contributed by atoms with Crippen molar-refractivity contribution < 1.29 is 9.90 Å². The van der Waals surface area contributed by atoms with Gasteiger partial charge in [-0.05, 0) is 55.2 Å². The molecule has 2 rings (SSSR count). The molecule has 1 amide bonds.